The van der Waals surface area contributed by atoms with E-state index in [0.717, 1.165) is 0 Å². The second-order valence-corrected chi connectivity index (χ2v) is 6.61. The van der Waals surface area contributed by atoms with Gasteiger partial charge in [0, 0.05) is 29.1 Å². The smallest absolute Gasteiger partial charge is 0.239 e. The lowest BCUT2D eigenvalue weighted by Gasteiger charge is -2.32. The second kappa shape index (κ2) is 8.29. The zero-order chi connectivity index (χ0) is 16.3. The molecule has 0 radical (unpaired) electrons. The molecule has 1 aromatic rings. The van der Waals surface area contributed by atoms with Crippen molar-refractivity contribution in [2.75, 3.05) is 19.7 Å². The number of morpholine rings is 1. The minimum Gasteiger partial charge on any atom is -0.375 e. The minimum atomic E-state index is -0.614. The van der Waals surface area contributed by atoms with Gasteiger partial charge in [0.1, 0.15) is 11.9 Å². The van der Waals surface area contributed by atoms with Crippen molar-refractivity contribution in [1.29, 1.82) is 0 Å². The molecule has 1 heterocycles. The Labute approximate surface area is 147 Å². The fourth-order valence-corrected chi connectivity index (χ4v) is 3.10. The summed E-state index contributed by atoms with van der Waals surface area (Å²) in [6.45, 7) is 7.09. The van der Waals surface area contributed by atoms with E-state index >= 15 is 0 Å². The topological polar surface area (TPSA) is 50.4 Å². The number of hydrogen-bond donors (Lipinski definition) is 2. The van der Waals surface area contributed by atoms with Gasteiger partial charge in [-0.3, -0.25) is 4.79 Å². The maximum atomic E-state index is 14.1. The molecule has 1 aliphatic heterocycles. The van der Waals surface area contributed by atoms with Crippen LogP contribution in [0.4, 0.5) is 4.39 Å². The molecule has 0 saturated carbocycles. The van der Waals surface area contributed by atoms with Crippen molar-refractivity contribution in [3.63, 3.8) is 0 Å². The van der Waals surface area contributed by atoms with Gasteiger partial charge in [0.25, 0.3) is 0 Å². The average Bonchev–Trinajstić information content (AvgIpc) is 2.45. The number of rotatable bonds is 4. The third-order valence-corrected chi connectivity index (χ3v) is 4.26. The summed E-state index contributed by atoms with van der Waals surface area (Å²) in [6.07, 6.45) is -0.186. The van der Waals surface area contributed by atoms with Crippen molar-refractivity contribution >= 4 is 29.9 Å². The highest BCUT2D eigenvalue weighted by Crippen LogP contribution is 2.31. The van der Waals surface area contributed by atoms with Crippen molar-refractivity contribution in [2.24, 2.45) is 0 Å². The molecule has 1 amide bonds. The van der Waals surface area contributed by atoms with Gasteiger partial charge in [-0.25, -0.2) is 4.39 Å². The van der Waals surface area contributed by atoms with Crippen LogP contribution in [0.5, 0.6) is 0 Å². The van der Waals surface area contributed by atoms with Crippen molar-refractivity contribution in [1.82, 2.24) is 10.6 Å². The lowest BCUT2D eigenvalue weighted by atomic mass is 9.84. The number of carbonyl (C=O) groups excluding carboxylic acids is 1. The summed E-state index contributed by atoms with van der Waals surface area (Å²) in [5.41, 5.74) is -0.200. The van der Waals surface area contributed by atoms with Crippen LogP contribution in [0.25, 0.3) is 0 Å². The van der Waals surface area contributed by atoms with Crippen LogP contribution in [0.15, 0.2) is 18.2 Å². The summed E-state index contributed by atoms with van der Waals surface area (Å²) in [5.74, 6) is -0.507. The van der Waals surface area contributed by atoms with Crippen LogP contribution in [-0.4, -0.2) is 37.7 Å². The molecular formula is C16H23Cl2FN2O2. The number of amides is 1. The molecule has 0 bridgehead atoms. The Balaban J connectivity index is 0.00000264. The lowest BCUT2D eigenvalue weighted by Crippen LogP contribution is -2.56. The normalized spacial score (nSPS) is 21.4. The van der Waals surface area contributed by atoms with Gasteiger partial charge in [-0.05, 0) is 19.1 Å². The number of nitrogens with one attached hydrogen (secondary N) is 2. The minimum absolute atomic E-state index is 0. The Morgan fingerprint density at radius 1 is 1.52 bits per heavy atom. The molecule has 7 heteroatoms. The highest BCUT2D eigenvalue weighted by Gasteiger charge is 2.31. The molecule has 1 fully saturated rings. The quantitative estimate of drug-likeness (QED) is 0.863. The van der Waals surface area contributed by atoms with Crippen molar-refractivity contribution < 1.29 is 13.9 Å². The Morgan fingerprint density at radius 3 is 2.83 bits per heavy atom. The summed E-state index contributed by atoms with van der Waals surface area (Å²) in [6, 6.07) is 4.22. The van der Waals surface area contributed by atoms with Gasteiger partial charge in [-0.2, -0.15) is 0 Å². The molecule has 1 aromatic carbocycles. The van der Waals surface area contributed by atoms with E-state index in [-0.39, 0.29) is 42.8 Å². The number of carbonyl (C=O) groups is 1. The second-order valence-electron chi connectivity index (χ2n) is 6.21. The van der Waals surface area contributed by atoms with E-state index in [1.165, 1.54) is 6.07 Å². The third-order valence-electron chi connectivity index (χ3n) is 3.94. The highest BCUT2D eigenvalue weighted by atomic mass is 35.5. The fourth-order valence-electron chi connectivity index (χ4n) is 2.68. The third kappa shape index (κ3) is 4.80. The first-order chi connectivity index (χ1) is 10.3. The first-order valence-electron chi connectivity index (χ1n) is 7.40. The summed E-state index contributed by atoms with van der Waals surface area (Å²) < 4.78 is 19.5. The predicted octanol–water partition coefficient (Wildman–Crippen LogP) is 2.67. The van der Waals surface area contributed by atoms with Crippen molar-refractivity contribution in [3.05, 3.63) is 34.6 Å². The number of hydrogen-bond acceptors (Lipinski definition) is 3. The lowest BCUT2D eigenvalue weighted by molar-refractivity contribution is -0.129. The van der Waals surface area contributed by atoms with Gasteiger partial charge in [0.2, 0.25) is 5.91 Å². The van der Waals surface area contributed by atoms with Crippen LogP contribution < -0.4 is 10.6 Å². The Bertz CT molecular complexity index is 535. The zero-order valence-electron chi connectivity index (χ0n) is 13.5. The standard InChI is InChI=1S/C16H22ClFN2O2.ClH/c1-10-14(19-7-8-22-10)15(21)20-9-16(2,3)13-11(17)5-4-6-12(13)18;/h4-6,10,14,19H,7-9H2,1-3H3,(H,20,21);1H/t10-,14+;/m1./s1. The largest absolute Gasteiger partial charge is 0.375 e. The summed E-state index contributed by atoms with van der Waals surface area (Å²) in [5, 5.41) is 6.37. The Kier molecular flexibility index (Phi) is 7.27. The maximum Gasteiger partial charge on any atom is 0.239 e. The molecule has 0 aliphatic carbocycles. The van der Waals surface area contributed by atoms with E-state index in [1.807, 2.05) is 20.8 Å². The van der Waals surface area contributed by atoms with Crippen LogP contribution in [0.1, 0.15) is 26.3 Å². The molecule has 2 atom stereocenters. The van der Waals surface area contributed by atoms with Gasteiger partial charge >= 0.3 is 0 Å². The maximum absolute atomic E-state index is 14.1. The molecule has 130 valence electrons. The average molecular weight is 365 g/mol. The van der Waals surface area contributed by atoms with Gasteiger partial charge in [0.05, 0.1) is 12.7 Å². The first-order valence-corrected chi connectivity index (χ1v) is 7.78. The van der Waals surface area contributed by atoms with E-state index in [4.69, 9.17) is 16.3 Å². The zero-order valence-corrected chi connectivity index (χ0v) is 15.1. The van der Waals surface area contributed by atoms with E-state index < -0.39 is 5.41 Å². The van der Waals surface area contributed by atoms with E-state index in [1.54, 1.807) is 12.1 Å². The van der Waals surface area contributed by atoms with Crippen LogP contribution in [0, 0.1) is 5.82 Å². The molecule has 2 rings (SSSR count). The SMILES string of the molecule is C[C@H]1OCCN[C@@H]1C(=O)NCC(C)(C)c1c(F)cccc1Cl.Cl. The highest BCUT2D eigenvalue weighted by molar-refractivity contribution is 6.31. The van der Waals surface area contributed by atoms with Crippen LogP contribution in [0.3, 0.4) is 0 Å². The van der Waals surface area contributed by atoms with Gasteiger partial charge in [-0.1, -0.05) is 31.5 Å². The van der Waals surface area contributed by atoms with Crippen LogP contribution in [0.2, 0.25) is 5.02 Å². The summed E-state index contributed by atoms with van der Waals surface area (Å²) in [7, 11) is 0. The molecule has 2 N–H and O–H groups in total. The molecule has 1 saturated heterocycles. The summed E-state index contributed by atoms with van der Waals surface area (Å²) in [4.78, 5) is 12.3. The molecule has 0 aromatic heterocycles. The van der Waals surface area contributed by atoms with Gasteiger partial charge in [-0.15, -0.1) is 12.4 Å². The van der Waals surface area contributed by atoms with Crippen molar-refractivity contribution in [3.8, 4) is 0 Å². The van der Waals surface area contributed by atoms with Crippen molar-refractivity contribution in [2.45, 2.75) is 38.3 Å². The van der Waals surface area contributed by atoms with E-state index in [2.05, 4.69) is 10.6 Å². The van der Waals surface area contributed by atoms with E-state index in [9.17, 15) is 9.18 Å². The fraction of sp³-hybridized carbons (Fsp3) is 0.562. The Morgan fingerprint density at radius 2 is 2.22 bits per heavy atom. The first kappa shape index (κ1) is 20.2. The number of benzene rings is 1. The predicted molar refractivity (Wildman–Crippen MR) is 91.9 cm³/mol. The Hall–Kier alpha value is -0.880. The van der Waals surface area contributed by atoms with Crippen LogP contribution >= 0.6 is 24.0 Å². The number of ether oxygens (including phenoxy) is 1. The molecule has 23 heavy (non-hydrogen) atoms. The molecule has 4 nitrogen and oxygen atoms in total. The molecule has 0 unspecified atom stereocenters. The van der Waals surface area contributed by atoms with Gasteiger partial charge < -0.3 is 15.4 Å². The van der Waals surface area contributed by atoms with Crippen LogP contribution in [-0.2, 0) is 14.9 Å². The number of halogens is 3. The summed E-state index contributed by atoms with van der Waals surface area (Å²) >= 11 is 6.12. The molecule has 1 aliphatic rings. The molecular weight excluding hydrogens is 342 g/mol. The van der Waals surface area contributed by atoms with E-state index in [0.29, 0.717) is 23.7 Å². The molecule has 0 spiro atoms. The monoisotopic (exact) mass is 364 g/mol. The van der Waals surface area contributed by atoms with Gasteiger partial charge in [0.15, 0.2) is 0 Å².